The van der Waals surface area contributed by atoms with Crippen molar-refractivity contribution in [3.8, 4) is 11.3 Å². The second-order valence-corrected chi connectivity index (χ2v) is 4.93. The zero-order valence-electron chi connectivity index (χ0n) is 12.3. The summed E-state index contributed by atoms with van der Waals surface area (Å²) in [5.74, 6) is 0. The van der Waals surface area contributed by atoms with Crippen LogP contribution in [0.15, 0.2) is 60.7 Å². The summed E-state index contributed by atoms with van der Waals surface area (Å²) in [6, 6.07) is 20.9. The molecule has 0 aliphatic rings. The highest BCUT2D eigenvalue weighted by Crippen LogP contribution is 2.23. The first kappa shape index (κ1) is 15.3. The minimum Gasteiger partial charge on any atom is -0.392 e. The number of fused-ring (bicyclic) bond motifs is 1. The average molecular weight is 282 g/mol. The largest absolute Gasteiger partial charge is 0.392 e. The van der Waals surface area contributed by atoms with Crippen LogP contribution in [0.5, 0.6) is 0 Å². The Morgan fingerprint density at radius 2 is 1.71 bits per heavy atom. The van der Waals surface area contributed by atoms with Crippen LogP contribution in [0.1, 0.15) is 13.3 Å². The normalized spacial score (nSPS) is 11.8. The number of rotatable bonds is 3. The van der Waals surface area contributed by atoms with Crippen LogP contribution in [0.2, 0.25) is 0 Å². The zero-order valence-corrected chi connectivity index (χ0v) is 12.3. The number of H-pyrrole nitrogens is 1. The summed E-state index contributed by atoms with van der Waals surface area (Å²) in [7, 11) is 0. The zero-order chi connectivity index (χ0) is 15.1. The van der Waals surface area contributed by atoms with Crippen molar-refractivity contribution < 1.29 is 5.11 Å². The van der Waals surface area contributed by atoms with Gasteiger partial charge in [-0.2, -0.15) is 0 Å². The molecule has 1 aromatic heterocycles. The smallest absolute Gasteiger partial charge is 0.0659 e. The van der Waals surface area contributed by atoms with Crippen LogP contribution in [0.25, 0.3) is 22.2 Å². The Morgan fingerprint density at radius 1 is 1.05 bits per heavy atom. The minimum atomic E-state index is -0.287. The van der Waals surface area contributed by atoms with Crippen molar-refractivity contribution in [2.75, 3.05) is 6.54 Å². The maximum absolute atomic E-state index is 8.54. The highest BCUT2D eigenvalue weighted by atomic mass is 16.3. The molecule has 0 radical (unpaired) electrons. The summed E-state index contributed by atoms with van der Waals surface area (Å²) < 4.78 is 0. The standard InChI is InChI=1S/C14H11N.C4H11NO/c1-2-6-11(7-3-1)14-10-12-8-4-5-9-13(12)15-14;1-2-4(6)3-5/h1-10,15H;4,6H,2-3,5H2,1H3. The lowest BCUT2D eigenvalue weighted by Crippen LogP contribution is -2.17. The molecule has 1 atom stereocenters. The molecule has 0 bridgehead atoms. The third-order valence-electron chi connectivity index (χ3n) is 3.36. The Kier molecular flexibility index (Phi) is 5.55. The van der Waals surface area contributed by atoms with Crippen molar-refractivity contribution in [3.63, 3.8) is 0 Å². The predicted molar refractivity (Wildman–Crippen MR) is 89.1 cm³/mol. The fourth-order valence-corrected chi connectivity index (χ4v) is 2.01. The molecule has 3 nitrogen and oxygen atoms in total. The first-order chi connectivity index (χ1) is 10.2. The van der Waals surface area contributed by atoms with Crippen LogP contribution in [0.4, 0.5) is 0 Å². The third-order valence-corrected chi connectivity index (χ3v) is 3.36. The van der Waals surface area contributed by atoms with E-state index in [1.54, 1.807) is 0 Å². The summed E-state index contributed by atoms with van der Waals surface area (Å²) in [5, 5.41) is 9.80. The van der Waals surface area contributed by atoms with Gasteiger partial charge in [-0.05, 0) is 24.1 Å². The summed E-state index contributed by atoms with van der Waals surface area (Å²) in [6.45, 7) is 2.29. The van der Waals surface area contributed by atoms with Gasteiger partial charge in [-0.25, -0.2) is 0 Å². The van der Waals surface area contributed by atoms with E-state index >= 15 is 0 Å². The monoisotopic (exact) mass is 282 g/mol. The topological polar surface area (TPSA) is 62.0 Å². The molecule has 0 amide bonds. The Hall–Kier alpha value is -2.10. The molecular formula is C18H22N2O. The molecule has 2 aromatic carbocycles. The molecule has 3 aromatic rings. The fourth-order valence-electron chi connectivity index (χ4n) is 2.01. The predicted octanol–water partition coefficient (Wildman–Crippen LogP) is 3.55. The van der Waals surface area contributed by atoms with Crippen molar-refractivity contribution in [1.29, 1.82) is 0 Å². The van der Waals surface area contributed by atoms with E-state index in [0.717, 1.165) is 6.42 Å². The van der Waals surface area contributed by atoms with Gasteiger partial charge < -0.3 is 15.8 Å². The molecular weight excluding hydrogens is 260 g/mol. The summed E-state index contributed by atoms with van der Waals surface area (Å²) >= 11 is 0. The van der Waals surface area contributed by atoms with Crippen molar-refractivity contribution in [2.45, 2.75) is 19.4 Å². The number of para-hydroxylation sites is 1. The van der Waals surface area contributed by atoms with E-state index in [1.165, 1.54) is 22.2 Å². The highest BCUT2D eigenvalue weighted by molar-refractivity contribution is 5.85. The molecule has 0 fully saturated rings. The quantitative estimate of drug-likeness (QED) is 0.688. The Bertz CT molecular complexity index is 624. The molecule has 21 heavy (non-hydrogen) atoms. The van der Waals surface area contributed by atoms with Crippen LogP contribution < -0.4 is 5.73 Å². The fraction of sp³-hybridized carbons (Fsp3) is 0.222. The van der Waals surface area contributed by atoms with Crippen LogP contribution >= 0.6 is 0 Å². The first-order valence-electron chi connectivity index (χ1n) is 7.26. The van der Waals surface area contributed by atoms with E-state index in [1.807, 2.05) is 19.1 Å². The second-order valence-electron chi connectivity index (χ2n) is 4.93. The van der Waals surface area contributed by atoms with Gasteiger partial charge >= 0.3 is 0 Å². The number of aromatic amines is 1. The maximum atomic E-state index is 8.54. The molecule has 0 spiro atoms. The Labute approximate surface area is 125 Å². The van der Waals surface area contributed by atoms with E-state index < -0.39 is 0 Å². The number of aliphatic hydroxyl groups is 1. The first-order valence-corrected chi connectivity index (χ1v) is 7.26. The summed E-state index contributed by atoms with van der Waals surface area (Å²) in [4.78, 5) is 3.41. The summed E-state index contributed by atoms with van der Waals surface area (Å²) in [6.07, 6.45) is 0.473. The van der Waals surface area contributed by atoms with E-state index in [-0.39, 0.29) is 6.10 Å². The number of nitrogens with one attached hydrogen (secondary N) is 1. The van der Waals surface area contributed by atoms with Gasteiger partial charge in [-0.3, -0.25) is 0 Å². The van der Waals surface area contributed by atoms with Gasteiger partial charge in [0.1, 0.15) is 0 Å². The number of hydrogen-bond donors (Lipinski definition) is 3. The van der Waals surface area contributed by atoms with Gasteiger partial charge in [0.05, 0.1) is 6.10 Å². The van der Waals surface area contributed by atoms with Gasteiger partial charge in [0, 0.05) is 23.1 Å². The van der Waals surface area contributed by atoms with Gasteiger partial charge in [0.25, 0.3) is 0 Å². The molecule has 110 valence electrons. The molecule has 0 aliphatic heterocycles. The van der Waals surface area contributed by atoms with Crippen molar-refractivity contribution >= 4 is 10.9 Å². The molecule has 0 saturated carbocycles. The van der Waals surface area contributed by atoms with E-state index in [2.05, 4.69) is 53.5 Å². The van der Waals surface area contributed by atoms with Gasteiger partial charge in [-0.15, -0.1) is 0 Å². The average Bonchev–Trinajstić information content (AvgIpc) is 2.99. The summed E-state index contributed by atoms with van der Waals surface area (Å²) in [5.41, 5.74) is 8.63. The van der Waals surface area contributed by atoms with E-state index in [9.17, 15) is 0 Å². The number of hydrogen-bond acceptors (Lipinski definition) is 2. The van der Waals surface area contributed by atoms with Crippen molar-refractivity contribution in [1.82, 2.24) is 4.98 Å². The molecule has 0 saturated heterocycles. The molecule has 3 heteroatoms. The second kappa shape index (κ2) is 7.62. The van der Waals surface area contributed by atoms with Gasteiger partial charge in [0.15, 0.2) is 0 Å². The van der Waals surface area contributed by atoms with Crippen molar-refractivity contribution in [2.24, 2.45) is 5.73 Å². The minimum absolute atomic E-state index is 0.287. The molecule has 4 N–H and O–H groups in total. The lowest BCUT2D eigenvalue weighted by atomic mass is 10.1. The lowest BCUT2D eigenvalue weighted by Gasteiger charge is -1.98. The number of nitrogens with two attached hydrogens (primary N) is 1. The molecule has 0 aliphatic carbocycles. The highest BCUT2D eigenvalue weighted by Gasteiger charge is 2.00. The van der Waals surface area contributed by atoms with Gasteiger partial charge in [0.2, 0.25) is 0 Å². The lowest BCUT2D eigenvalue weighted by molar-refractivity contribution is 0.179. The number of aliphatic hydroxyl groups excluding tert-OH is 1. The molecule has 1 heterocycles. The van der Waals surface area contributed by atoms with Crippen molar-refractivity contribution in [3.05, 3.63) is 60.7 Å². The van der Waals surface area contributed by atoms with Crippen LogP contribution in [-0.4, -0.2) is 22.7 Å². The number of benzene rings is 2. The molecule has 1 unspecified atom stereocenters. The Morgan fingerprint density at radius 3 is 2.29 bits per heavy atom. The van der Waals surface area contributed by atoms with Crippen LogP contribution in [0, 0.1) is 0 Å². The van der Waals surface area contributed by atoms with E-state index in [4.69, 9.17) is 10.8 Å². The maximum Gasteiger partial charge on any atom is 0.0659 e. The third kappa shape index (κ3) is 4.18. The van der Waals surface area contributed by atoms with Crippen LogP contribution in [-0.2, 0) is 0 Å². The van der Waals surface area contributed by atoms with Crippen LogP contribution in [0.3, 0.4) is 0 Å². The SMILES string of the molecule is CCC(O)CN.c1ccc(-c2cc3ccccc3[nH]2)cc1. The number of aromatic nitrogens is 1. The molecule has 3 rings (SSSR count). The van der Waals surface area contributed by atoms with E-state index in [0.29, 0.717) is 6.54 Å². The Balaban J connectivity index is 0.000000232. The van der Waals surface area contributed by atoms with Gasteiger partial charge in [-0.1, -0.05) is 55.5 Å².